The number of aromatic nitrogens is 5. The molecule has 2 aromatic carbocycles. The summed E-state index contributed by atoms with van der Waals surface area (Å²) in [4.78, 5) is 21.4. The van der Waals surface area contributed by atoms with E-state index < -0.39 is 11.2 Å². The molecule has 0 fully saturated rings. The Morgan fingerprint density at radius 3 is 2.53 bits per heavy atom. The zero-order valence-corrected chi connectivity index (χ0v) is 18.6. The van der Waals surface area contributed by atoms with Crippen molar-refractivity contribution < 1.29 is 9.13 Å². The number of imidazole rings is 1. The third kappa shape index (κ3) is 3.10. The minimum Gasteiger partial charge on any atom is -0.435 e. The number of nitrogens with two attached hydrogens (primary N) is 1. The molecule has 0 aliphatic carbocycles. The van der Waals surface area contributed by atoms with Gasteiger partial charge in [-0.25, -0.2) is 24.3 Å². The number of halogens is 1. The number of rotatable bonds is 3. The summed E-state index contributed by atoms with van der Waals surface area (Å²) in [5.41, 5.74) is 10.3. The summed E-state index contributed by atoms with van der Waals surface area (Å²) in [6.07, 6.45) is 3.23. The van der Waals surface area contributed by atoms with Gasteiger partial charge < -0.3 is 15.5 Å². The van der Waals surface area contributed by atoms with Gasteiger partial charge in [-0.15, -0.1) is 0 Å². The quantitative estimate of drug-likeness (QED) is 0.358. The molecule has 8 heteroatoms. The van der Waals surface area contributed by atoms with Crippen LogP contribution in [0.3, 0.4) is 0 Å². The summed E-state index contributed by atoms with van der Waals surface area (Å²) in [7, 11) is 0. The fraction of sp³-hybridized carbons (Fsp3) is 0.154. The molecule has 1 atom stereocenters. The highest BCUT2D eigenvalue weighted by Crippen LogP contribution is 2.52. The highest BCUT2D eigenvalue weighted by Gasteiger charge is 2.43. The van der Waals surface area contributed by atoms with E-state index in [0.29, 0.717) is 34.4 Å². The second-order valence-electron chi connectivity index (χ2n) is 8.94. The third-order valence-corrected chi connectivity index (χ3v) is 6.38. The first-order valence-corrected chi connectivity index (χ1v) is 10.9. The molecule has 7 nitrogen and oxygen atoms in total. The van der Waals surface area contributed by atoms with Crippen LogP contribution in [0.5, 0.6) is 11.6 Å². The van der Waals surface area contributed by atoms with Gasteiger partial charge in [-0.1, -0.05) is 44.2 Å². The number of fused-ring (bicyclic) bond motifs is 3. The SMILES string of the molecule is CC(C)(c1nc2nccnc2[nH]1)[C@@H]1c2ccc(-c3ccc(N)cc3)nc2Oc2c(F)cccc21. The fourth-order valence-electron chi connectivity index (χ4n) is 4.66. The maximum absolute atomic E-state index is 15.0. The third-order valence-electron chi connectivity index (χ3n) is 6.38. The molecular formula is C26H21FN6O. The Kier molecular flexibility index (Phi) is 4.38. The van der Waals surface area contributed by atoms with Gasteiger partial charge in [-0.2, -0.15) is 0 Å². The highest BCUT2D eigenvalue weighted by molar-refractivity contribution is 5.67. The van der Waals surface area contributed by atoms with Crippen LogP contribution >= 0.6 is 0 Å². The molecule has 4 heterocycles. The van der Waals surface area contributed by atoms with E-state index in [4.69, 9.17) is 20.4 Å². The molecule has 3 N–H and O–H groups in total. The van der Waals surface area contributed by atoms with Crippen LogP contribution in [0.1, 0.15) is 36.7 Å². The van der Waals surface area contributed by atoms with Crippen molar-refractivity contribution in [1.29, 1.82) is 0 Å². The molecule has 6 rings (SSSR count). The lowest BCUT2D eigenvalue weighted by Gasteiger charge is -2.37. The number of para-hydroxylation sites is 1. The van der Waals surface area contributed by atoms with E-state index in [2.05, 4.69) is 28.8 Å². The molecule has 1 aliphatic heterocycles. The smallest absolute Gasteiger partial charge is 0.223 e. The summed E-state index contributed by atoms with van der Waals surface area (Å²) < 4.78 is 21.0. The van der Waals surface area contributed by atoms with Gasteiger partial charge in [-0.05, 0) is 24.3 Å². The topological polar surface area (TPSA) is 103 Å². The molecule has 0 amide bonds. The van der Waals surface area contributed by atoms with Crippen LogP contribution in [0.25, 0.3) is 22.6 Å². The zero-order valence-electron chi connectivity index (χ0n) is 18.6. The van der Waals surface area contributed by atoms with Crippen LogP contribution in [-0.4, -0.2) is 24.9 Å². The van der Waals surface area contributed by atoms with Crippen molar-refractivity contribution in [2.24, 2.45) is 0 Å². The summed E-state index contributed by atoms with van der Waals surface area (Å²) >= 11 is 0. The molecule has 0 saturated heterocycles. The highest BCUT2D eigenvalue weighted by atomic mass is 19.1. The Hall–Kier alpha value is -4.33. The van der Waals surface area contributed by atoms with Crippen molar-refractivity contribution in [3.63, 3.8) is 0 Å². The van der Waals surface area contributed by atoms with Crippen molar-refractivity contribution in [3.05, 3.63) is 89.8 Å². The minimum atomic E-state index is -0.589. The van der Waals surface area contributed by atoms with E-state index in [1.54, 1.807) is 18.5 Å². The molecule has 0 saturated carbocycles. The standard InChI is InChI=1S/C26H21FN6O/c1-26(2,25-32-22-23(33-25)30-13-12-29-22)20-16-4-3-5-18(27)21(16)34-24-17(20)10-11-19(31-24)14-6-8-15(28)9-7-14/h3-13,20H,28H2,1-2H3,(H,29,30,32,33)/t20-/m0/s1. The fourth-order valence-corrected chi connectivity index (χ4v) is 4.66. The lowest BCUT2D eigenvalue weighted by Crippen LogP contribution is -2.32. The Morgan fingerprint density at radius 1 is 0.941 bits per heavy atom. The normalized spacial score (nSPS) is 15.0. The summed E-state index contributed by atoms with van der Waals surface area (Å²) in [5.74, 6) is 0.538. The van der Waals surface area contributed by atoms with E-state index in [1.807, 2.05) is 42.5 Å². The van der Waals surface area contributed by atoms with Crippen molar-refractivity contribution in [1.82, 2.24) is 24.9 Å². The van der Waals surface area contributed by atoms with Gasteiger partial charge in [0.1, 0.15) is 5.82 Å². The predicted molar refractivity (Wildman–Crippen MR) is 127 cm³/mol. The van der Waals surface area contributed by atoms with E-state index in [-0.39, 0.29) is 11.7 Å². The van der Waals surface area contributed by atoms with Crippen molar-refractivity contribution in [2.45, 2.75) is 25.2 Å². The van der Waals surface area contributed by atoms with Gasteiger partial charge >= 0.3 is 0 Å². The Bertz CT molecular complexity index is 1510. The number of H-pyrrole nitrogens is 1. The van der Waals surface area contributed by atoms with E-state index in [1.165, 1.54) is 6.07 Å². The van der Waals surface area contributed by atoms with E-state index in [9.17, 15) is 4.39 Å². The average Bonchev–Trinajstić information content (AvgIpc) is 3.29. The number of pyridine rings is 1. The number of benzene rings is 2. The number of nitrogens with one attached hydrogen (secondary N) is 1. The monoisotopic (exact) mass is 452 g/mol. The lowest BCUT2D eigenvalue weighted by molar-refractivity contribution is 0.353. The van der Waals surface area contributed by atoms with Crippen LogP contribution in [-0.2, 0) is 5.41 Å². The first kappa shape index (κ1) is 20.3. The molecule has 0 bridgehead atoms. The van der Waals surface area contributed by atoms with Crippen LogP contribution in [0, 0.1) is 5.82 Å². The number of ether oxygens (including phenoxy) is 1. The van der Waals surface area contributed by atoms with Gasteiger partial charge in [0.05, 0.1) is 5.69 Å². The maximum atomic E-state index is 15.0. The maximum Gasteiger partial charge on any atom is 0.223 e. The Labute approximate surface area is 194 Å². The second-order valence-corrected chi connectivity index (χ2v) is 8.94. The van der Waals surface area contributed by atoms with E-state index >= 15 is 0 Å². The first-order chi connectivity index (χ1) is 16.4. The number of aromatic amines is 1. The number of hydrogen-bond acceptors (Lipinski definition) is 6. The number of hydrogen-bond donors (Lipinski definition) is 2. The molecule has 168 valence electrons. The van der Waals surface area contributed by atoms with Crippen LogP contribution < -0.4 is 10.5 Å². The van der Waals surface area contributed by atoms with Gasteiger partial charge in [-0.3, -0.25) is 0 Å². The van der Waals surface area contributed by atoms with Gasteiger partial charge in [0.15, 0.2) is 22.9 Å². The molecular weight excluding hydrogens is 431 g/mol. The zero-order chi connectivity index (χ0) is 23.4. The second kappa shape index (κ2) is 7.34. The van der Waals surface area contributed by atoms with Crippen LogP contribution in [0.15, 0.2) is 67.0 Å². The molecule has 1 aliphatic rings. The van der Waals surface area contributed by atoms with Crippen molar-refractivity contribution >= 4 is 17.0 Å². The van der Waals surface area contributed by atoms with E-state index in [0.717, 1.165) is 16.7 Å². The number of anilines is 1. The number of nitrogen functional groups attached to an aromatic ring is 1. The Morgan fingerprint density at radius 2 is 1.74 bits per heavy atom. The first-order valence-electron chi connectivity index (χ1n) is 10.9. The largest absolute Gasteiger partial charge is 0.435 e. The molecule has 3 aromatic heterocycles. The minimum absolute atomic E-state index is 0.183. The van der Waals surface area contributed by atoms with Crippen LogP contribution in [0.4, 0.5) is 10.1 Å². The van der Waals surface area contributed by atoms with Gasteiger partial charge in [0.2, 0.25) is 5.88 Å². The molecule has 5 aromatic rings. The number of nitrogens with zero attached hydrogens (tertiary/aromatic N) is 4. The molecule has 34 heavy (non-hydrogen) atoms. The van der Waals surface area contributed by atoms with Gasteiger partial charge in [0.25, 0.3) is 0 Å². The molecule has 0 radical (unpaired) electrons. The summed E-state index contributed by atoms with van der Waals surface area (Å²) in [6.45, 7) is 4.13. The Balaban J connectivity index is 1.53. The molecule has 0 spiro atoms. The predicted octanol–water partition coefficient (Wildman–Crippen LogP) is 5.35. The van der Waals surface area contributed by atoms with Crippen molar-refractivity contribution in [2.75, 3.05) is 5.73 Å². The summed E-state index contributed by atoms with van der Waals surface area (Å²) in [5, 5.41) is 0. The average molecular weight is 452 g/mol. The van der Waals surface area contributed by atoms with Crippen LogP contribution in [0.2, 0.25) is 0 Å². The van der Waals surface area contributed by atoms with Gasteiger partial charge in [0, 0.05) is 46.1 Å². The van der Waals surface area contributed by atoms with Crippen molar-refractivity contribution in [3.8, 4) is 22.9 Å². The molecule has 0 unspecified atom stereocenters. The summed E-state index contributed by atoms with van der Waals surface area (Å²) in [6, 6.07) is 16.4. The lowest BCUT2D eigenvalue weighted by atomic mass is 9.69.